The number of hydrogen-bond donors (Lipinski definition) is 3. The summed E-state index contributed by atoms with van der Waals surface area (Å²) in [6, 6.07) is 5.89. The molecule has 10 nitrogen and oxygen atoms in total. The molecule has 2 amide bonds. The lowest BCUT2D eigenvalue weighted by molar-refractivity contribution is -0.113. The number of nitrogens with one attached hydrogen (secondary N) is 2. The molecule has 3 aromatic rings. The zero-order chi connectivity index (χ0) is 22.2. The van der Waals surface area contributed by atoms with Crippen LogP contribution in [0.3, 0.4) is 0 Å². The maximum Gasteiger partial charge on any atom is 0.251 e. The van der Waals surface area contributed by atoms with Gasteiger partial charge in [-0.2, -0.15) is 0 Å². The molecule has 0 spiro atoms. The summed E-state index contributed by atoms with van der Waals surface area (Å²) in [5, 5.41) is 26.4. The van der Waals surface area contributed by atoms with Crippen LogP contribution in [0.5, 0.6) is 5.75 Å². The van der Waals surface area contributed by atoms with Gasteiger partial charge < -0.3 is 25.0 Å². The van der Waals surface area contributed by atoms with Gasteiger partial charge in [0.25, 0.3) is 5.91 Å². The monoisotopic (exact) mass is 462 g/mol. The molecule has 3 N–H and O–H groups in total. The highest BCUT2D eigenvalue weighted by molar-refractivity contribution is 7.99. The molecule has 0 aliphatic carbocycles. The van der Waals surface area contributed by atoms with Crippen LogP contribution in [0, 0.1) is 0 Å². The van der Waals surface area contributed by atoms with E-state index in [1.54, 1.807) is 47.5 Å². The zero-order valence-electron chi connectivity index (χ0n) is 16.9. The summed E-state index contributed by atoms with van der Waals surface area (Å²) >= 11 is 2.55. The predicted molar refractivity (Wildman–Crippen MR) is 117 cm³/mol. The molecule has 3 rings (SSSR count). The first-order chi connectivity index (χ1) is 15.0. The van der Waals surface area contributed by atoms with Crippen molar-refractivity contribution in [2.75, 3.05) is 24.8 Å². The smallest absolute Gasteiger partial charge is 0.251 e. The highest BCUT2D eigenvalue weighted by Gasteiger charge is 2.23. The molecule has 0 radical (unpaired) electrons. The van der Waals surface area contributed by atoms with Gasteiger partial charge in [0, 0.05) is 23.7 Å². The SMILES string of the molecule is CCn1c(SCC(=O)Nc2nccs2)nnc1[C@@H](CO)NC(=O)c1ccc(OC)cc1. The van der Waals surface area contributed by atoms with Crippen LogP contribution in [0.15, 0.2) is 41.0 Å². The quantitative estimate of drug-likeness (QED) is 0.390. The van der Waals surface area contributed by atoms with Crippen LogP contribution in [0.25, 0.3) is 0 Å². The molecule has 1 aromatic carbocycles. The highest BCUT2D eigenvalue weighted by Crippen LogP contribution is 2.22. The summed E-state index contributed by atoms with van der Waals surface area (Å²) in [4.78, 5) is 28.7. The fourth-order valence-corrected chi connectivity index (χ4v) is 4.06. The summed E-state index contributed by atoms with van der Waals surface area (Å²) in [7, 11) is 1.55. The number of amides is 2. The number of aromatic nitrogens is 4. The lowest BCUT2D eigenvalue weighted by Gasteiger charge is -2.17. The number of ether oxygens (including phenoxy) is 1. The van der Waals surface area contributed by atoms with Gasteiger partial charge in [-0.1, -0.05) is 11.8 Å². The number of aliphatic hydroxyl groups is 1. The third kappa shape index (κ3) is 5.81. The lowest BCUT2D eigenvalue weighted by atomic mass is 10.2. The minimum Gasteiger partial charge on any atom is -0.497 e. The number of carbonyl (C=O) groups excluding carboxylic acids is 2. The number of hydrogen-bond acceptors (Lipinski definition) is 9. The van der Waals surface area contributed by atoms with E-state index in [9.17, 15) is 14.7 Å². The minimum atomic E-state index is -0.749. The molecule has 0 aliphatic heterocycles. The molecule has 2 heterocycles. The van der Waals surface area contributed by atoms with Crippen LogP contribution >= 0.6 is 23.1 Å². The Morgan fingerprint density at radius 3 is 2.68 bits per heavy atom. The van der Waals surface area contributed by atoms with Crippen LogP contribution in [0.1, 0.15) is 29.1 Å². The molecule has 12 heteroatoms. The van der Waals surface area contributed by atoms with Crippen molar-refractivity contribution in [3.8, 4) is 5.75 Å². The lowest BCUT2D eigenvalue weighted by Crippen LogP contribution is -2.32. The number of thiazole rings is 1. The molecule has 1 atom stereocenters. The molecule has 0 saturated heterocycles. The molecular formula is C19H22N6O4S2. The van der Waals surface area contributed by atoms with E-state index in [4.69, 9.17) is 4.74 Å². The average Bonchev–Trinajstić information content (AvgIpc) is 3.45. The first-order valence-corrected chi connectivity index (χ1v) is 11.2. The van der Waals surface area contributed by atoms with Crippen molar-refractivity contribution in [2.45, 2.75) is 24.7 Å². The zero-order valence-corrected chi connectivity index (χ0v) is 18.6. The first-order valence-electron chi connectivity index (χ1n) is 9.36. The summed E-state index contributed by atoms with van der Waals surface area (Å²) in [5.41, 5.74) is 0.426. The Morgan fingerprint density at radius 2 is 2.06 bits per heavy atom. The minimum absolute atomic E-state index is 0.125. The van der Waals surface area contributed by atoms with Crippen LogP contribution in [-0.4, -0.2) is 56.1 Å². The van der Waals surface area contributed by atoms with Crippen molar-refractivity contribution in [3.63, 3.8) is 0 Å². The van der Waals surface area contributed by atoms with E-state index in [1.165, 1.54) is 23.1 Å². The van der Waals surface area contributed by atoms with Crippen molar-refractivity contribution in [2.24, 2.45) is 0 Å². The molecule has 2 aromatic heterocycles. The summed E-state index contributed by atoms with van der Waals surface area (Å²) in [6.45, 7) is 2.05. The molecule has 0 fully saturated rings. The molecule has 0 saturated carbocycles. The van der Waals surface area contributed by atoms with E-state index in [-0.39, 0.29) is 24.2 Å². The molecule has 0 aliphatic rings. The Morgan fingerprint density at radius 1 is 1.29 bits per heavy atom. The van der Waals surface area contributed by atoms with Crippen molar-refractivity contribution < 1.29 is 19.4 Å². The summed E-state index contributed by atoms with van der Waals surface area (Å²) in [6.07, 6.45) is 1.61. The summed E-state index contributed by atoms with van der Waals surface area (Å²) < 4.78 is 6.86. The molecule has 31 heavy (non-hydrogen) atoms. The van der Waals surface area contributed by atoms with Crippen molar-refractivity contribution in [1.82, 2.24) is 25.1 Å². The number of nitrogens with zero attached hydrogens (tertiary/aromatic N) is 4. The van der Waals surface area contributed by atoms with Gasteiger partial charge in [-0.05, 0) is 31.2 Å². The van der Waals surface area contributed by atoms with Gasteiger partial charge in [-0.25, -0.2) is 4.98 Å². The Kier molecular flexibility index (Phi) is 7.98. The molecule has 0 bridgehead atoms. The predicted octanol–water partition coefficient (Wildman–Crippen LogP) is 1.96. The number of rotatable bonds is 10. The van der Waals surface area contributed by atoms with Gasteiger partial charge >= 0.3 is 0 Å². The first kappa shape index (κ1) is 22.7. The van der Waals surface area contributed by atoms with E-state index in [2.05, 4.69) is 25.8 Å². The van der Waals surface area contributed by atoms with E-state index in [0.717, 1.165) is 0 Å². The number of carbonyl (C=O) groups is 2. The second kappa shape index (κ2) is 10.9. The molecule has 0 unspecified atom stereocenters. The Labute approximate surface area is 187 Å². The maximum atomic E-state index is 12.6. The third-order valence-corrected chi connectivity index (χ3v) is 5.88. The molecule has 164 valence electrons. The van der Waals surface area contributed by atoms with Crippen LogP contribution in [-0.2, 0) is 11.3 Å². The largest absolute Gasteiger partial charge is 0.497 e. The second-order valence-corrected chi connectivity index (χ2v) is 8.03. The number of thioether (sulfide) groups is 1. The summed E-state index contributed by atoms with van der Waals surface area (Å²) in [5.74, 6) is 0.610. The van der Waals surface area contributed by atoms with Gasteiger partial charge in [0.1, 0.15) is 11.8 Å². The topological polar surface area (TPSA) is 131 Å². The number of benzene rings is 1. The maximum absolute atomic E-state index is 12.6. The Bertz CT molecular complexity index is 1010. The average molecular weight is 463 g/mol. The van der Waals surface area contributed by atoms with Gasteiger partial charge in [0.15, 0.2) is 16.1 Å². The van der Waals surface area contributed by atoms with Crippen LogP contribution in [0.4, 0.5) is 5.13 Å². The van der Waals surface area contributed by atoms with E-state index < -0.39 is 6.04 Å². The third-order valence-electron chi connectivity index (χ3n) is 4.22. The van der Waals surface area contributed by atoms with Gasteiger partial charge in [0.2, 0.25) is 5.91 Å². The van der Waals surface area contributed by atoms with Gasteiger partial charge in [-0.15, -0.1) is 21.5 Å². The van der Waals surface area contributed by atoms with Crippen LogP contribution < -0.4 is 15.4 Å². The fourth-order valence-electron chi connectivity index (χ4n) is 2.71. The van der Waals surface area contributed by atoms with Gasteiger partial charge in [0.05, 0.1) is 19.5 Å². The van der Waals surface area contributed by atoms with Crippen molar-refractivity contribution in [1.29, 1.82) is 0 Å². The normalized spacial score (nSPS) is 11.7. The highest BCUT2D eigenvalue weighted by atomic mass is 32.2. The molecular weight excluding hydrogens is 440 g/mol. The van der Waals surface area contributed by atoms with Crippen LogP contribution in [0.2, 0.25) is 0 Å². The van der Waals surface area contributed by atoms with E-state index >= 15 is 0 Å². The number of methoxy groups -OCH3 is 1. The van der Waals surface area contributed by atoms with E-state index in [1.807, 2.05) is 6.92 Å². The Balaban J connectivity index is 1.66. The number of anilines is 1. The Hall–Kier alpha value is -2.96. The van der Waals surface area contributed by atoms with Crippen molar-refractivity contribution in [3.05, 3.63) is 47.2 Å². The van der Waals surface area contributed by atoms with Crippen molar-refractivity contribution >= 4 is 40.0 Å². The second-order valence-electron chi connectivity index (χ2n) is 6.20. The van der Waals surface area contributed by atoms with E-state index in [0.29, 0.717) is 34.0 Å². The van der Waals surface area contributed by atoms with Gasteiger partial charge in [-0.3, -0.25) is 9.59 Å². The standard InChI is InChI=1S/C19H22N6O4S2/c1-3-25-16(14(10-26)21-17(28)12-4-6-13(29-2)7-5-12)23-24-19(25)31-11-15(27)22-18-20-8-9-30-18/h4-9,14,26H,3,10-11H2,1-2H3,(H,21,28)(H,20,22,27)/t14-/m1/s1. The number of aliphatic hydroxyl groups excluding tert-OH is 1. The fraction of sp³-hybridized carbons (Fsp3) is 0.316.